The molecule has 1 atom stereocenters. The summed E-state index contributed by atoms with van der Waals surface area (Å²) >= 11 is 6.04. The van der Waals surface area contributed by atoms with E-state index in [1.807, 2.05) is 48.5 Å². The van der Waals surface area contributed by atoms with E-state index < -0.39 is 10.8 Å². The van der Waals surface area contributed by atoms with Gasteiger partial charge in [-0.05, 0) is 29.3 Å². The van der Waals surface area contributed by atoms with E-state index in [-0.39, 0.29) is 0 Å². The lowest BCUT2D eigenvalue weighted by Crippen LogP contribution is -2.00. The fourth-order valence-corrected chi connectivity index (χ4v) is 3.24. The molecule has 0 radical (unpaired) electrons. The second kappa shape index (κ2) is 6.03. The lowest BCUT2D eigenvalue weighted by molar-refractivity contribution is 0.682. The maximum atomic E-state index is 12.1. The minimum atomic E-state index is -0.981. The second-order valence-electron chi connectivity index (χ2n) is 4.06. The van der Waals surface area contributed by atoms with Crippen molar-refractivity contribution in [3.8, 4) is 0 Å². The van der Waals surface area contributed by atoms with E-state index in [9.17, 15) is 4.21 Å². The predicted octanol–water partition coefficient (Wildman–Crippen LogP) is 3.37. The van der Waals surface area contributed by atoms with Crippen molar-refractivity contribution in [2.45, 2.75) is 11.5 Å². The predicted molar refractivity (Wildman–Crippen MR) is 77.9 cm³/mol. The maximum absolute atomic E-state index is 12.1. The lowest BCUT2D eigenvalue weighted by Gasteiger charge is -2.05. The molecule has 18 heavy (non-hydrogen) atoms. The van der Waals surface area contributed by atoms with Gasteiger partial charge in [0.15, 0.2) is 0 Å². The van der Waals surface area contributed by atoms with Crippen LogP contribution in [-0.4, -0.2) is 4.21 Å². The summed E-state index contributed by atoms with van der Waals surface area (Å²) in [5.74, 6) is 0.963. The van der Waals surface area contributed by atoms with Gasteiger partial charge >= 0.3 is 0 Å². The van der Waals surface area contributed by atoms with Gasteiger partial charge in [0, 0.05) is 27.3 Å². The number of nitrogens with two attached hydrogens (primary N) is 1. The Balaban J connectivity index is 2.03. The van der Waals surface area contributed by atoms with Crippen molar-refractivity contribution in [2.24, 2.45) is 0 Å². The van der Waals surface area contributed by atoms with E-state index in [2.05, 4.69) is 0 Å². The van der Waals surface area contributed by atoms with E-state index in [1.54, 1.807) is 0 Å². The number of hydrogen-bond acceptors (Lipinski definition) is 2. The van der Waals surface area contributed by atoms with Gasteiger partial charge in [0.25, 0.3) is 0 Å². The minimum Gasteiger partial charge on any atom is -0.399 e. The van der Waals surface area contributed by atoms with Crippen molar-refractivity contribution in [3.05, 3.63) is 64.7 Å². The topological polar surface area (TPSA) is 43.1 Å². The fourth-order valence-electron chi connectivity index (χ4n) is 1.71. The monoisotopic (exact) mass is 279 g/mol. The van der Waals surface area contributed by atoms with Gasteiger partial charge in [-0.1, -0.05) is 41.9 Å². The molecule has 0 fully saturated rings. The molecule has 0 amide bonds. The zero-order valence-corrected chi connectivity index (χ0v) is 11.4. The van der Waals surface area contributed by atoms with Crippen molar-refractivity contribution in [3.63, 3.8) is 0 Å². The van der Waals surface area contributed by atoms with E-state index >= 15 is 0 Å². The molecule has 0 saturated heterocycles. The standard InChI is InChI=1S/C14H14ClNOS/c15-14-7-2-1-5-12(14)10-18(17)9-11-4-3-6-13(16)8-11/h1-8H,9-10,16H2. The first-order valence-corrected chi connectivity index (χ1v) is 7.44. The van der Waals surface area contributed by atoms with E-state index in [0.29, 0.717) is 22.2 Å². The Morgan fingerprint density at radius 2 is 1.83 bits per heavy atom. The Bertz CT molecular complexity index is 571. The molecule has 1 unspecified atom stereocenters. The highest BCUT2D eigenvalue weighted by atomic mass is 35.5. The summed E-state index contributed by atoms with van der Waals surface area (Å²) in [5, 5.41) is 0.665. The lowest BCUT2D eigenvalue weighted by atomic mass is 10.2. The first-order chi connectivity index (χ1) is 8.65. The molecule has 0 aliphatic heterocycles. The minimum absolute atomic E-state index is 0.467. The Kier molecular flexibility index (Phi) is 4.39. The molecule has 0 aliphatic carbocycles. The third kappa shape index (κ3) is 3.59. The molecule has 94 valence electrons. The average Bonchev–Trinajstić information content (AvgIpc) is 2.32. The summed E-state index contributed by atoms with van der Waals surface area (Å²) in [6.07, 6.45) is 0. The Morgan fingerprint density at radius 3 is 2.56 bits per heavy atom. The second-order valence-corrected chi connectivity index (χ2v) is 5.93. The highest BCUT2D eigenvalue weighted by molar-refractivity contribution is 7.83. The molecule has 2 rings (SSSR count). The van der Waals surface area contributed by atoms with Crippen molar-refractivity contribution in [1.82, 2.24) is 0 Å². The first-order valence-electron chi connectivity index (χ1n) is 5.58. The SMILES string of the molecule is Nc1cccc(CS(=O)Cc2ccccc2Cl)c1. The summed E-state index contributed by atoms with van der Waals surface area (Å²) in [7, 11) is -0.981. The number of benzene rings is 2. The van der Waals surface area contributed by atoms with Crippen LogP contribution in [0.1, 0.15) is 11.1 Å². The van der Waals surface area contributed by atoms with Crippen LogP contribution in [0.4, 0.5) is 5.69 Å². The Labute approximate surface area is 114 Å². The highest BCUT2D eigenvalue weighted by Gasteiger charge is 2.06. The van der Waals surface area contributed by atoms with Gasteiger partial charge < -0.3 is 5.73 Å². The zero-order chi connectivity index (χ0) is 13.0. The van der Waals surface area contributed by atoms with Crippen LogP contribution in [0, 0.1) is 0 Å². The number of anilines is 1. The van der Waals surface area contributed by atoms with Gasteiger partial charge in [-0.15, -0.1) is 0 Å². The number of halogens is 1. The van der Waals surface area contributed by atoms with Crippen LogP contribution in [0.2, 0.25) is 5.02 Å². The van der Waals surface area contributed by atoms with Crippen molar-refractivity contribution in [1.29, 1.82) is 0 Å². The third-order valence-electron chi connectivity index (χ3n) is 2.55. The fraction of sp³-hybridized carbons (Fsp3) is 0.143. The molecule has 4 heteroatoms. The summed E-state index contributed by atoms with van der Waals surface area (Å²) in [4.78, 5) is 0. The van der Waals surface area contributed by atoms with E-state index in [1.165, 1.54) is 0 Å². The molecule has 0 bridgehead atoms. The number of hydrogen-bond donors (Lipinski definition) is 1. The molecule has 0 saturated carbocycles. The van der Waals surface area contributed by atoms with Crippen molar-refractivity contribution < 1.29 is 4.21 Å². The molecule has 0 spiro atoms. The molecule has 0 aliphatic rings. The first kappa shape index (κ1) is 13.1. The summed E-state index contributed by atoms with van der Waals surface area (Å²) < 4.78 is 12.1. The molecule has 2 aromatic rings. The molecular weight excluding hydrogens is 266 g/mol. The van der Waals surface area contributed by atoms with Crippen molar-refractivity contribution in [2.75, 3.05) is 5.73 Å². The smallest absolute Gasteiger partial charge is 0.0503 e. The van der Waals surface area contributed by atoms with Gasteiger partial charge in [0.1, 0.15) is 0 Å². The van der Waals surface area contributed by atoms with Gasteiger partial charge in [-0.3, -0.25) is 4.21 Å². The van der Waals surface area contributed by atoms with Crippen LogP contribution >= 0.6 is 11.6 Å². The number of rotatable bonds is 4. The molecule has 0 heterocycles. The van der Waals surface area contributed by atoms with Gasteiger partial charge in [-0.2, -0.15) is 0 Å². The molecule has 2 N–H and O–H groups in total. The van der Waals surface area contributed by atoms with Gasteiger partial charge in [-0.25, -0.2) is 0 Å². The van der Waals surface area contributed by atoms with Crippen LogP contribution in [0.5, 0.6) is 0 Å². The van der Waals surface area contributed by atoms with E-state index in [0.717, 1.165) is 11.1 Å². The van der Waals surface area contributed by atoms with Crippen LogP contribution in [-0.2, 0) is 22.3 Å². The van der Waals surface area contributed by atoms with E-state index in [4.69, 9.17) is 17.3 Å². The molecule has 2 aromatic carbocycles. The van der Waals surface area contributed by atoms with Crippen molar-refractivity contribution >= 4 is 28.1 Å². The Morgan fingerprint density at radius 1 is 1.06 bits per heavy atom. The number of nitrogen functional groups attached to an aromatic ring is 1. The molecular formula is C14H14ClNOS. The van der Waals surface area contributed by atoms with Crippen LogP contribution in [0.15, 0.2) is 48.5 Å². The highest BCUT2D eigenvalue weighted by Crippen LogP contribution is 2.18. The summed E-state index contributed by atoms with van der Waals surface area (Å²) in [6.45, 7) is 0. The van der Waals surface area contributed by atoms with Gasteiger partial charge in [0.2, 0.25) is 0 Å². The van der Waals surface area contributed by atoms with Crippen LogP contribution in [0.25, 0.3) is 0 Å². The normalized spacial score (nSPS) is 12.3. The quantitative estimate of drug-likeness (QED) is 0.872. The Hall–Kier alpha value is -1.32. The largest absolute Gasteiger partial charge is 0.399 e. The molecule has 0 aromatic heterocycles. The van der Waals surface area contributed by atoms with Gasteiger partial charge in [0.05, 0.1) is 5.75 Å². The van der Waals surface area contributed by atoms with Crippen LogP contribution in [0.3, 0.4) is 0 Å². The summed E-state index contributed by atoms with van der Waals surface area (Å²) in [6, 6.07) is 15.0. The average molecular weight is 280 g/mol. The maximum Gasteiger partial charge on any atom is 0.0503 e. The zero-order valence-electron chi connectivity index (χ0n) is 9.80. The summed E-state index contributed by atoms with van der Waals surface area (Å²) in [5.41, 5.74) is 8.29. The van der Waals surface area contributed by atoms with Crippen LogP contribution < -0.4 is 5.73 Å². The molecule has 2 nitrogen and oxygen atoms in total. The third-order valence-corrected chi connectivity index (χ3v) is 4.21.